The first-order valence-corrected chi connectivity index (χ1v) is 5.69. The van der Waals surface area contributed by atoms with E-state index in [2.05, 4.69) is 30.9 Å². The minimum absolute atomic E-state index is 0.0692. The molecule has 3 N–H and O–H groups in total. The fraction of sp³-hybridized carbons (Fsp3) is 0.375. The van der Waals surface area contributed by atoms with E-state index in [1.807, 2.05) is 0 Å². The molecule has 0 unspecified atom stereocenters. The molecule has 16 heavy (non-hydrogen) atoms. The van der Waals surface area contributed by atoms with E-state index in [-0.39, 0.29) is 23.8 Å². The molecule has 0 fully saturated rings. The Morgan fingerprint density at radius 3 is 3.19 bits per heavy atom. The zero-order valence-electron chi connectivity index (χ0n) is 8.31. The van der Waals surface area contributed by atoms with E-state index in [1.165, 1.54) is 6.33 Å². The second-order valence-corrected chi connectivity index (χ2v) is 3.86. The van der Waals surface area contributed by atoms with Gasteiger partial charge in [-0.1, -0.05) is 15.9 Å². The van der Waals surface area contributed by atoms with E-state index in [4.69, 9.17) is 10.5 Å². The fourth-order valence-electron chi connectivity index (χ4n) is 1.28. The summed E-state index contributed by atoms with van der Waals surface area (Å²) in [6.45, 7) is 0.857. The molecular formula is C8H10BrN5O2. The predicted molar refractivity (Wildman–Crippen MR) is 62.3 cm³/mol. The van der Waals surface area contributed by atoms with E-state index in [0.717, 1.165) is 5.33 Å². The van der Waals surface area contributed by atoms with Crippen LogP contribution in [0.2, 0.25) is 0 Å². The number of aromatic nitrogens is 4. The van der Waals surface area contributed by atoms with Gasteiger partial charge >= 0.3 is 0 Å². The summed E-state index contributed by atoms with van der Waals surface area (Å²) in [5, 5.41) is 0.746. The smallest absolute Gasteiger partial charge is 0.280 e. The predicted octanol–water partition coefficient (Wildman–Crippen LogP) is 0.0708. The van der Waals surface area contributed by atoms with Crippen molar-refractivity contribution < 1.29 is 4.74 Å². The van der Waals surface area contributed by atoms with Crippen LogP contribution in [-0.4, -0.2) is 31.5 Å². The molecule has 0 atom stereocenters. The lowest BCUT2D eigenvalue weighted by atomic mass is 10.5. The zero-order valence-corrected chi connectivity index (χ0v) is 9.90. The number of fused-ring (bicyclic) bond motifs is 1. The highest BCUT2D eigenvalue weighted by Crippen LogP contribution is 2.06. The first-order valence-electron chi connectivity index (χ1n) is 4.56. The van der Waals surface area contributed by atoms with Crippen LogP contribution in [0.5, 0.6) is 0 Å². The fourth-order valence-corrected chi connectivity index (χ4v) is 1.51. The molecule has 0 aliphatic rings. The van der Waals surface area contributed by atoms with Gasteiger partial charge in [-0.05, 0) is 0 Å². The van der Waals surface area contributed by atoms with Crippen LogP contribution in [0.3, 0.4) is 0 Å². The molecule has 0 radical (unpaired) electrons. The van der Waals surface area contributed by atoms with Crippen LogP contribution in [0.1, 0.15) is 0 Å². The standard InChI is InChI=1S/C8H10BrN5O2/c9-1-2-16-4-14-3-11-5-6(14)12-8(10)13-7(5)15/h3H,1-2,4H2,(H3,10,12,13,15). The Morgan fingerprint density at radius 1 is 1.62 bits per heavy atom. The Labute approximate surface area is 98.8 Å². The van der Waals surface area contributed by atoms with Crippen LogP contribution in [-0.2, 0) is 11.5 Å². The van der Waals surface area contributed by atoms with E-state index in [0.29, 0.717) is 12.3 Å². The van der Waals surface area contributed by atoms with Gasteiger partial charge in [0, 0.05) is 5.33 Å². The molecule has 2 aromatic rings. The average Bonchev–Trinajstić information content (AvgIpc) is 2.62. The number of aromatic amines is 1. The molecule has 86 valence electrons. The number of nitrogens with zero attached hydrogens (tertiary/aromatic N) is 3. The second kappa shape index (κ2) is 4.62. The Bertz CT molecular complexity index is 549. The monoisotopic (exact) mass is 287 g/mol. The molecule has 7 nitrogen and oxygen atoms in total. The maximum atomic E-state index is 11.4. The number of halogens is 1. The third-order valence-electron chi connectivity index (χ3n) is 1.94. The Hall–Kier alpha value is -1.41. The van der Waals surface area contributed by atoms with Gasteiger partial charge in [-0.3, -0.25) is 14.3 Å². The maximum absolute atomic E-state index is 11.4. The van der Waals surface area contributed by atoms with Gasteiger partial charge in [0.1, 0.15) is 6.73 Å². The molecule has 2 heterocycles. The molecule has 0 saturated heterocycles. The summed E-state index contributed by atoms with van der Waals surface area (Å²) >= 11 is 3.25. The van der Waals surface area contributed by atoms with Crippen molar-refractivity contribution in [2.75, 3.05) is 17.7 Å². The van der Waals surface area contributed by atoms with Crippen LogP contribution in [0.4, 0.5) is 5.95 Å². The summed E-state index contributed by atoms with van der Waals surface area (Å²) in [7, 11) is 0. The summed E-state index contributed by atoms with van der Waals surface area (Å²) in [4.78, 5) is 21.8. The minimum Gasteiger partial charge on any atom is -0.369 e. The Balaban J connectivity index is 2.36. The molecule has 0 aliphatic carbocycles. The highest BCUT2D eigenvalue weighted by molar-refractivity contribution is 9.09. The SMILES string of the molecule is Nc1nc2c(ncn2COCCBr)c(=O)[nH]1. The molecule has 0 aromatic carbocycles. The topological polar surface area (TPSA) is 98.8 Å². The quantitative estimate of drug-likeness (QED) is 0.612. The lowest BCUT2D eigenvalue weighted by Crippen LogP contribution is -2.12. The maximum Gasteiger partial charge on any atom is 0.280 e. The van der Waals surface area contributed by atoms with Crippen LogP contribution in [0, 0.1) is 0 Å². The number of rotatable bonds is 4. The van der Waals surface area contributed by atoms with Crippen molar-refractivity contribution in [2.24, 2.45) is 0 Å². The Morgan fingerprint density at radius 2 is 2.44 bits per heavy atom. The minimum atomic E-state index is -0.346. The third-order valence-corrected chi connectivity index (χ3v) is 2.27. The van der Waals surface area contributed by atoms with Crippen molar-refractivity contribution in [1.29, 1.82) is 0 Å². The number of alkyl halides is 1. The molecule has 2 aromatic heterocycles. The first kappa shape index (κ1) is 11.1. The average molecular weight is 288 g/mol. The number of hydrogen-bond acceptors (Lipinski definition) is 5. The van der Waals surface area contributed by atoms with Crippen molar-refractivity contribution in [3.8, 4) is 0 Å². The molecule has 8 heteroatoms. The number of anilines is 1. The van der Waals surface area contributed by atoms with Gasteiger partial charge in [0.25, 0.3) is 5.56 Å². The zero-order chi connectivity index (χ0) is 11.5. The third kappa shape index (κ3) is 2.07. The van der Waals surface area contributed by atoms with Gasteiger partial charge in [0.05, 0.1) is 12.9 Å². The summed E-state index contributed by atoms with van der Waals surface area (Å²) in [6.07, 6.45) is 1.50. The van der Waals surface area contributed by atoms with Gasteiger partial charge < -0.3 is 10.5 Å². The normalized spacial score (nSPS) is 11.1. The van der Waals surface area contributed by atoms with Gasteiger partial charge in [-0.25, -0.2) is 4.98 Å². The highest BCUT2D eigenvalue weighted by atomic mass is 79.9. The van der Waals surface area contributed by atoms with Crippen LogP contribution in [0.25, 0.3) is 11.2 Å². The largest absolute Gasteiger partial charge is 0.369 e. The first-order chi connectivity index (χ1) is 7.72. The van der Waals surface area contributed by atoms with Crippen molar-refractivity contribution in [2.45, 2.75) is 6.73 Å². The summed E-state index contributed by atoms with van der Waals surface area (Å²) in [5.41, 5.74) is 5.79. The number of hydrogen-bond donors (Lipinski definition) is 2. The summed E-state index contributed by atoms with van der Waals surface area (Å²) in [5.74, 6) is 0.0692. The van der Waals surface area contributed by atoms with E-state index >= 15 is 0 Å². The number of H-pyrrole nitrogens is 1. The van der Waals surface area contributed by atoms with Crippen LogP contribution >= 0.6 is 15.9 Å². The van der Waals surface area contributed by atoms with Crippen molar-refractivity contribution in [3.05, 3.63) is 16.7 Å². The number of nitrogens with two attached hydrogens (primary N) is 1. The van der Waals surface area contributed by atoms with Crippen molar-refractivity contribution >= 4 is 33.0 Å². The summed E-state index contributed by atoms with van der Waals surface area (Å²) in [6, 6.07) is 0. The number of ether oxygens (including phenoxy) is 1. The van der Waals surface area contributed by atoms with E-state index in [1.54, 1.807) is 4.57 Å². The lowest BCUT2D eigenvalue weighted by Gasteiger charge is -2.03. The molecule has 0 aliphatic heterocycles. The van der Waals surface area contributed by atoms with E-state index in [9.17, 15) is 4.79 Å². The number of imidazole rings is 1. The molecule has 0 spiro atoms. The highest BCUT2D eigenvalue weighted by Gasteiger charge is 2.08. The molecule has 2 rings (SSSR count). The van der Waals surface area contributed by atoms with Crippen molar-refractivity contribution in [3.63, 3.8) is 0 Å². The van der Waals surface area contributed by atoms with Gasteiger partial charge in [-0.2, -0.15) is 4.98 Å². The number of nitrogens with one attached hydrogen (secondary N) is 1. The molecule has 0 bridgehead atoms. The van der Waals surface area contributed by atoms with Crippen molar-refractivity contribution in [1.82, 2.24) is 19.5 Å². The van der Waals surface area contributed by atoms with Crippen LogP contribution < -0.4 is 11.3 Å². The number of nitrogen functional groups attached to an aromatic ring is 1. The Kier molecular flexibility index (Phi) is 3.20. The van der Waals surface area contributed by atoms with Gasteiger partial charge in [-0.15, -0.1) is 0 Å². The molecule has 0 amide bonds. The second-order valence-electron chi connectivity index (χ2n) is 3.06. The van der Waals surface area contributed by atoms with Gasteiger partial charge in [0.2, 0.25) is 5.95 Å². The summed E-state index contributed by atoms with van der Waals surface area (Å²) < 4.78 is 6.93. The van der Waals surface area contributed by atoms with Crippen LogP contribution in [0.15, 0.2) is 11.1 Å². The van der Waals surface area contributed by atoms with E-state index < -0.39 is 0 Å². The molecule has 0 saturated carbocycles. The van der Waals surface area contributed by atoms with Gasteiger partial charge in [0.15, 0.2) is 11.2 Å². The lowest BCUT2D eigenvalue weighted by molar-refractivity contribution is 0.0928. The molecular weight excluding hydrogens is 278 g/mol.